The molecule has 0 spiro atoms. The maximum absolute atomic E-state index is 13.2. The maximum atomic E-state index is 13.2. The number of nitrogens with zero attached hydrogens (tertiary/aromatic N) is 1. The predicted molar refractivity (Wildman–Crippen MR) is 83.3 cm³/mol. The fraction of sp³-hybridized carbons (Fsp3) is 0.0588. The third-order valence-corrected chi connectivity index (χ3v) is 3.31. The Balaban J connectivity index is 2.02. The number of anilines is 2. The van der Waals surface area contributed by atoms with E-state index >= 15 is 0 Å². The smallest absolute Gasteiger partial charge is 0.343 e. The van der Waals surface area contributed by atoms with E-state index in [4.69, 9.17) is 4.52 Å². The molecule has 2 N–H and O–H groups in total. The van der Waals surface area contributed by atoms with Crippen LogP contribution >= 0.6 is 0 Å². The summed E-state index contributed by atoms with van der Waals surface area (Å²) >= 11 is 0. The fourth-order valence-electron chi connectivity index (χ4n) is 2.18. The van der Waals surface area contributed by atoms with E-state index in [0.717, 1.165) is 5.56 Å². The highest BCUT2D eigenvalue weighted by atomic mass is 19.1. The molecule has 116 valence electrons. The summed E-state index contributed by atoms with van der Waals surface area (Å²) in [6, 6.07) is 12.9. The molecule has 0 amide bonds. The molecule has 0 aliphatic carbocycles. The lowest BCUT2D eigenvalue weighted by Crippen LogP contribution is -2.02. The lowest BCUT2D eigenvalue weighted by atomic mass is 10.1. The molecular weight excluding hydrogens is 299 g/mol. The number of rotatable bonds is 4. The van der Waals surface area contributed by atoms with E-state index in [1.807, 2.05) is 19.1 Å². The molecule has 0 bridgehead atoms. The molecule has 0 unspecified atom stereocenters. The Labute approximate surface area is 131 Å². The summed E-state index contributed by atoms with van der Waals surface area (Å²) < 4.78 is 18.4. The van der Waals surface area contributed by atoms with Crippen LogP contribution < -0.4 is 5.32 Å². The van der Waals surface area contributed by atoms with Gasteiger partial charge in [-0.1, -0.05) is 41.1 Å². The van der Waals surface area contributed by atoms with Crippen LogP contribution in [-0.4, -0.2) is 16.2 Å². The molecule has 0 radical (unpaired) electrons. The Morgan fingerprint density at radius 2 is 1.96 bits per heavy atom. The van der Waals surface area contributed by atoms with Gasteiger partial charge in [-0.3, -0.25) is 0 Å². The molecule has 1 aromatic heterocycles. The Morgan fingerprint density at radius 3 is 2.61 bits per heavy atom. The zero-order valence-electron chi connectivity index (χ0n) is 12.2. The minimum absolute atomic E-state index is 0.0429. The van der Waals surface area contributed by atoms with Crippen molar-refractivity contribution in [1.82, 2.24) is 5.16 Å². The van der Waals surface area contributed by atoms with E-state index in [9.17, 15) is 14.3 Å². The van der Waals surface area contributed by atoms with E-state index < -0.39 is 11.8 Å². The summed E-state index contributed by atoms with van der Waals surface area (Å²) in [6.07, 6.45) is 0. The highest BCUT2D eigenvalue weighted by Gasteiger charge is 2.24. The normalized spacial score (nSPS) is 10.5. The van der Waals surface area contributed by atoms with Crippen molar-refractivity contribution in [2.45, 2.75) is 6.92 Å². The average molecular weight is 312 g/mol. The molecule has 1 heterocycles. The second-order valence-electron chi connectivity index (χ2n) is 5.04. The lowest BCUT2D eigenvalue weighted by molar-refractivity contribution is 0.0698. The van der Waals surface area contributed by atoms with Crippen LogP contribution in [0.1, 0.15) is 15.9 Å². The summed E-state index contributed by atoms with van der Waals surface area (Å²) in [4.78, 5) is 11.6. The van der Waals surface area contributed by atoms with Crippen molar-refractivity contribution in [3.8, 4) is 11.3 Å². The van der Waals surface area contributed by atoms with E-state index in [1.54, 1.807) is 18.2 Å². The molecular formula is C17H13FN2O3. The van der Waals surface area contributed by atoms with Gasteiger partial charge < -0.3 is 14.9 Å². The number of halogens is 1. The third kappa shape index (κ3) is 3.06. The molecule has 0 fully saturated rings. The van der Waals surface area contributed by atoms with Gasteiger partial charge in [-0.25, -0.2) is 9.18 Å². The molecule has 0 saturated heterocycles. The topological polar surface area (TPSA) is 75.4 Å². The van der Waals surface area contributed by atoms with Crippen LogP contribution in [0.2, 0.25) is 0 Å². The number of carboxylic acids is 1. The van der Waals surface area contributed by atoms with Gasteiger partial charge >= 0.3 is 5.97 Å². The molecule has 23 heavy (non-hydrogen) atoms. The summed E-state index contributed by atoms with van der Waals surface area (Å²) in [7, 11) is 0. The maximum Gasteiger partial charge on any atom is 0.343 e. The van der Waals surface area contributed by atoms with Crippen molar-refractivity contribution >= 4 is 17.5 Å². The van der Waals surface area contributed by atoms with E-state index in [0.29, 0.717) is 11.3 Å². The first kappa shape index (κ1) is 14.8. The molecule has 0 aliphatic heterocycles. The standard InChI is InChI=1S/C17H13FN2O3/c1-10-5-7-11(8-6-10)15-14(17(21)22)16(23-20-15)19-13-4-2-3-12(18)9-13/h2-9,19H,1H3,(H,21,22). The second-order valence-corrected chi connectivity index (χ2v) is 5.04. The van der Waals surface area contributed by atoms with Crippen LogP contribution in [0.3, 0.4) is 0 Å². The first-order valence-corrected chi connectivity index (χ1v) is 6.87. The zero-order chi connectivity index (χ0) is 16.4. The Kier molecular flexibility index (Phi) is 3.80. The number of benzene rings is 2. The minimum atomic E-state index is -1.18. The highest BCUT2D eigenvalue weighted by Crippen LogP contribution is 2.31. The third-order valence-electron chi connectivity index (χ3n) is 3.31. The number of carboxylic acid groups (broad SMARTS) is 1. The SMILES string of the molecule is Cc1ccc(-c2noc(Nc3cccc(F)c3)c2C(=O)O)cc1. The number of carbonyl (C=O) groups is 1. The number of hydrogen-bond donors (Lipinski definition) is 2. The average Bonchev–Trinajstić information content (AvgIpc) is 2.92. The van der Waals surface area contributed by atoms with Crippen LogP contribution in [0.4, 0.5) is 16.0 Å². The second kappa shape index (κ2) is 5.92. The van der Waals surface area contributed by atoms with Crippen molar-refractivity contribution in [2.24, 2.45) is 0 Å². The first-order valence-electron chi connectivity index (χ1n) is 6.87. The van der Waals surface area contributed by atoms with E-state index in [1.165, 1.54) is 18.2 Å². The summed E-state index contributed by atoms with van der Waals surface area (Å²) in [5.41, 5.74) is 2.17. The minimum Gasteiger partial charge on any atom is -0.477 e. The zero-order valence-corrected chi connectivity index (χ0v) is 12.2. The number of aryl methyl sites for hydroxylation is 1. The van der Waals surface area contributed by atoms with Gasteiger partial charge in [0, 0.05) is 11.3 Å². The number of hydrogen-bond acceptors (Lipinski definition) is 4. The van der Waals surface area contributed by atoms with Crippen LogP contribution in [0.15, 0.2) is 53.1 Å². The van der Waals surface area contributed by atoms with Gasteiger partial charge in [-0.05, 0) is 25.1 Å². The Bertz CT molecular complexity index is 857. The van der Waals surface area contributed by atoms with Gasteiger partial charge in [0.05, 0.1) is 0 Å². The molecule has 3 rings (SSSR count). The summed E-state index contributed by atoms with van der Waals surface area (Å²) in [6.45, 7) is 1.93. The van der Waals surface area contributed by atoms with Crippen LogP contribution in [0, 0.1) is 12.7 Å². The highest BCUT2D eigenvalue weighted by molar-refractivity contribution is 6.00. The molecule has 0 aliphatic rings. The van der Waals surface area contributed by atoms with Gasteiger partial charge in [0.1, 0.15) is 11.5 Å². The largest absolute Gasteiger partial charge is 0.477 e. The quantitative estimate of drug-likeness (QED) is 0.754. The monoisotopic (exact) mass is 312 g/mol. The summed E-state index contributed by atoms with van der Waals surface area (Å²) in [5, 5.41) is 16.1. The molecule has 2 aromatic carbocycles. The van der Waals surface area contributed by atoms with Gasteiger partial charge in [-0.15, -0.1) is 0 Å². The number of aromatic carboxylic acids is 1. The van der Waals surface area contributed by atoms with Crippen molar-refractivity contribution in [3.63, 3.8) is 0 Å². The van der Waals surface area contributed by atoms with Crippen LogP contribution in [0.25, 0.3) is 11.3 Å². The van der Waals surface area contributed by atoms with E-state index in [2.05, 4.69) is 10.5 Å². The van der Waals surface area contributed by atoms with Gasteiger partial charge in [0.2, 0.25) is 5.88 Å². The Hall–Kier alpha value is -3.15. The fourth-order valence-corrected chi connectivity index (χ4v) is 2.18. The van der Waals surface area contributed by atoms with Crippen molar-refractivity contribution in [2.75, 3.05) is 5.32 Å². The molecule has 5 nitrogen and oxygen atoms in total. The van der Waals surface area contributed by atoms with Gasteiger partial charge in [-0.2, -0.15) is 0 Å². The van der Waals surface area contributed by atoms with Crippen LogP contribution in [-0.2, 0) is 0 Å². The van der Waals surface area contributed by atoms with E-state index in [-0.39, 0.29) is 17.1 Å². The van der Waals surface area contributed by atoms with Crippen molar-refractivity contribution in [1.29, 1.82) is 0 Å². The summed E-state index contributed by atoms with van der Waals surface area (Å²) in [5.74, 6) is -1.66. The van der Waals surface area contributed by atoms with Gasteiger partial charge in [0.25, 0.3) is 0 Å². The van der Waals surface area contributed by atoms with Gasteiger partial charge in [0.15, 0.2) is 5.56 Å². The van der Waals surface area contributed by atoms with Crippen molar-refractivity contribution < 1.29 is 18.8 Å². The van der Waals surface area contributed by atoms with Crippen molar-refractivity contribution in [3.05, 3.63) is 65.5 Å². The number of aromatic nitrogens is 1. The lowest BCUT2D eigenvalue weighted by Gasteiger charge is -2.04. The van der Waals surface area contributed by atoms with Crippen LogP contribution in [0.5, 0.6) is 0 Å². The predicted octanol–water partition coefficient (Wildman–Crippen LogP) is 4.23. The molecule has 3 aromatic rings. The molecule has 0 saturated carbocycles. The molecule has 0 atom stereocenters. The molecule has 6 heteroatoms. The number of nitrogens with one attached hydrogen (secondary N) is 1. The first-order chi connectivity index (χ1) is 11.0. The Morgan fingerprint density at radius 1 is 1.22 bits per heavy atom.